The number of hydrogen-bond acceptors (Lipinski definition) is 3. The number of carbonyl (C=O) groups excluding carboxylic acids is 1. The molecule has 0 atom stereocenters. The molecule has 0 radical (unpaired) electrons. The maximum absolute atomic E-state index is 10.1. The standard InChI is InChI=1S/C6H6N2O/c9-5-6-4-7-2-1-3-8-6/h1,3-5H,2H2. The van der Waals surface area contributed by atoms with E-state index in [-0.39, 0.29) is 0 Å². The van der Waals surface area contributed by atoms with Crippen molar-refractivity contribution in [2.75, 3.05) is 6.54 Å². The third kappa shape index (κ3) is 1.60. The van der Waals surface area contributed by atoms with Crippen LogP contribution in [0.5, 0.6) is 0 Å². The van der Waals surface area contributed by atoms with Gasteiger partial charge in [-0.25, -0.2) is 0 Å². The second-order valence-electron chi connectivity index (χ2n) is 1.55. The highest BCUT2D eigenvalue weighted by Gasteiger charge is 1.89. The van der Waals surface area contributed by atoms with E-state index in [2.05, 4.69) is 9.98 Å². The Labute approximate surface area is 52.8 Å². The molecule has 0 amide bonds. The maximum atomic E-state index is 10.1. The third-order valence-corrected chi connectivity index (χ3v) is 0.884. The molecule has 0 saturated heterocycles. The van der Waals surface area contributed by atoms with Gasteiger partial charge in [0.15, 0.2) is 6.29 Å². The lowest BCUT2D eigenvalue weighted by molar-refractivity contribution is -0.102. The Balaban J connectivity index is 2.78. The van der Waals surface area contributed by atoms with Crippen LogP contribution in [-0.4, -0.2) is 24.8 Å². The van der Waals surface area contributed by atoms with Crippen molar-refractivity contribution in [3.05, 3.63) is 12.3 Å². The molecule has 0 aromatic heterocycles. The van der Waals surface area contributed by atoms with Crippen molar-refractivity contribution < 1.29 is 4.79 Å². The zero-order valence-corrected chi connectivity index (χ0v) is 4.82. The lowest BCUT2D eigenvalue weighted by atomic mass is 10.4. The molecule has 0 bridgehead atoms. The highest BCUT2D eigenvalue weighted by atomic mass is 16.1. The predicted molar refractivity (Wildman–Crippen MR) is 36.0 cm³/mol. The summed E-state index contributed by atoms with van der Waals surface area (Å²) in [4.78, 5) is 17.7. The molecule has 0 spiro atoms. The highest BCUT2D eigenvalue weighted by molar-refractivity contribution is 6.54. The molecule has 0 unspecified atom stereocenters. The summed E-state index contributed by atoms with van der Waals surface area (Å²) < 4.78 is 0. The van der Waals surface area contributed by atoms with Crippen LogP contribution in [0.4, 0.5) is 0 Å². The van der Waals surface area contributed by atoms with E-state index in [1.807, 2.05) is 0 Å². The molecule has 3 heteroatoms. The van der Waals surface area contributed by atoms with E-state index < -0.39 is 0 Å². The van der Waals surface area contributed by atoms with Crippen LogP contribution < -0.4 is 0 Å². The van der Waals surface area contributed by atoms with E-state index in [1.54, 1.807) is 12.3 Å². The number of carbonyl (C=O) groups is 1. The quantitative estimate of drug-likeness (QED) is 0.459. The molecule has 0 N–H and O–H groups in total. The summed E-state index contributed by atoms with van der Waals surface area (Å²) in [7, 11) is 0. The van der Waals surface area contributed by atoms with Crippen LogP contribution in [0, 0.1) is 0 Å². The molecule has 1 rings (SSSR count). The van der Waals surface area contributed by atoms with Crippen molar-refractivity contribution in [2.45, 2.75) is 0 Å². The fourth-order valence-electron chi connectivity index (χ4n) is 0.487. The van der Waals surface area contributed by atoms with Crippen LogP contribution in [0.1, 0.15) is 0 Å². The van der Waals surface area contributed by atoms with E-state index in [4.69, 9.17) is 0 Å². The van der Waals surface area contributed by atoms with Crippen molar-refractivity contribution in [1.82, 2.24) is 0 Å². The summed E-state index contributed by atoms with van der Waals surface area (Å²) in [6.45, 7) is 0.612. The summed E-state index contributed by atoms with van der Waals surface area (Å²) in [6, 6.07) is 0. The first-order valence-corrected chi connectivity index (χ1v) is 2.61. The summed E-state index contributed by atoms with van der Waals surface area (Å²) in [5.41, 5.74) is 0.378. The Bertz CT molecular complexity index is 191. The number of nitrogens with zero attached hydrogens (tertiary/aromatic N) is 2. The van der Waals surface area contributed by atoms with Gasteiger partial charge < -0.3 is 0 Å². The summed E-state index contributed by atoms with van der Waals surface area (Å²) in [6.07, 6.45) is 5.51. The molecular weight excluding hydrogens is 116 g/mol. The monoisotopic (exact) mass is 122 g/mol. The molecule has 1 aliphatic rings. The van der Waals surface area contributed by atoms with E-state index in [0.29, 0.717) is 18.5 Å². The zero-order valence-electron chi connectivity index (χ0n) is 4.82. The Hall–Kier alpha value is -1.25. The third-order valence-electron chi connectivity index (χ3n) is 0.884. The van der Waals surface area contributed by atoms with Crippen molar-refractivity contribution in [3.63, 3.8) is 0 Å². The van der Waals surface area contributed by atoms with Gasteiger partial charge in [0.2, 0.25) is 0 Å². The topological polar surface area (TPSA) is 41.8 Å². The normalized spacial score (nSPS) is 16.7. The predicted octanol–water partition coefficient (Wildman–Crippen LogP) is 0.224. The minimum absolute atomic E-state index is 0.378. The first-order chi connectivity index (χ1) is 4.43. The van der Waals surface area contributed by atoms with Gasteiger partial charge in [-0.3, -0.25) is 14.8 Å². The number of hydrogen-bond donors (Lipinski definition) is 0. The minimum Gasteiger partial charge on any atom is -0.296 e. The first kappa shape index (κ1) is 5.88. The van der Waals surface area contributed by atoms with Crippen molar-refractivity contribution in [3.8, 4) is 0 Å². The summed E-state index contributed by atoms with van der Waals surface area (Å²) in [5.74, 6) is 0. The number of aldehydes is 1. The van der Waals surface area contributed by atoms with E-state index in [1.165, 1.54) is 6.21 Å². The van der Waals surface area contributed by atoms with Crippen LogP contribution in [0.15, 0.2) is 22.3 Å². The van der Waals surface area contributed by atoms with E-state index in [9.17, 15) is 4.79 Å². The fraction of sp³-hybridized carbons (Fsp3) is 0.167. The van der Waals surface area contributed by atoms with Gasteiger partial charge >= 0.3 is 0 Å². The van der Waals surface area contributed by atoms with Gasteiger partial charge in [0.05, 0.1) is 12.8 Å². The van der Waals surface area contributed by atoms with Crippen LogP contribution in [0.25, 0.3) is 0 Å². The van der Waals surface area contributed by atoms with Gasteiger partial charge in [-0.15, -0.1) is 0 Å². The second kappa shape index (κ2) is 2.91. The van der Waals surface area contributed by atoms with Crippen molar-refractivity contribution in [2.24, 2.45) is 9.98 Å². The Kier molecular flexibility index (Phi) is 1.90. The lowest BCUT2D eigenvalue weighted by Gasteiger charge is -1.78. The zero-order chi connectivity index (χ0) is 6.53. The van der Waals surface area contributed by atoms with Crippen LogP contribution in [-0.2, 0) is 4.79 Å². The van der Waals surface area contributed by atoms with Crippen LogP contribution in [0.2, 0.25) is 0 Å². The molecular formula is C6H6N2O. The second-order valence-corrected chi connectivity index (χ2v) is 1.55. The largest absolute Gasteiger partial charge is 0.296 e. The Morgan fingerprint density at radius 3 is 3.33 bits per heavy atom. The molecule has 0 fully saturated rings. The van der Waals surface area contributed by atoms with Crippen molar-refractivity contribution >= 4 is 18.2 Å². The average molecular weight is 122 g/mol. The van der Waals surface area contributed by atoms with Gasteiger partial charge in [0.25, 0.3) is 0 Å². The van der Waals surface area contributed by atoms with Gasteiger partial charge in [0.1, 0.15) is 5.71 Å². The highest BCUT2D eigenvalue weighted by Crippen LogP contribution is 1.83. The van der Waals surface area contributed by atoms with Crippen molar-refractivity contribution in [1.29, 1.82) is 0 Å². The minimum atomic E-state index is 0.378. The molecule has 9 heavy (non-hydrogen) atoms. The van der Waals surface area contributed by atoms with Gasteiger partial charge in [0, 0.05) is 6.20 Å². The first-order valence-electron chi connectivity index (χ1n) is 2.61. The summed E-state index contributed by atoms with van der Waals surface area (Å²) >= 11 is 0. The van der Waals surface area contributed by atoms with Gasteiger partial charge in [-0.1, -0.05) is 0 Å². The summed E-state index contributed by atoms with van der Waals surface area (Å²) in [5, 5.41) is 0. The molecule has 46 valence electrons. The van der Waals surface area contributed by atoms with E-state index >= 15 is 0 Å². The van der Waals surface area contributed by atoms with Crippen LogP contribution >= 0.6 is 0 Å². The van der Waals surface area contributed by atoms with E-state index in [0.717, 1.165) is 0 Å². The molecule has 1 aliphatic heterocycles. The molecule has 0 aromatic rings. The number of rotatable bonds is 1. The fourth-order valence-corrected chi connectivity index (χ4v) is 0.487. The SMILES string of the molecule is O=CC1=NC=CCN=C1. The average Bonchev–Trinajstić information content (AvgIpc) is 2.13. The van der Waals surface area contributed by atoms with Gasteiger partial charge in [-0.05, 0) is 6.08 Å². The molecule has 0 aliphatic carbocycles. The lowest BCUT2D eigenvalue weighted by Crippen LogP contribution is -1.99. The smallest absolute Gasteiger partial charge is 0.169 e. The molecule has 0 saturated carbocycles. The molecule has 1 heterocycles. The molecule has 0 aromatic carbocycles. The van der Waals surface area contributed by atoms with Gasteiger partial charge in [-0.2, -0.15) is 0 Å². The number of aliphatic imine (C=N–C) groups is 2. The Morgan fingerprint density at radius 1 is 1.67 bits per heavy atom. The molecule has 3 nitrogen and oxygen atoms in total. The van der Waals surface area contributed by atoms with Crippen LogP contribution in [0.3, 0.4) is 0 Å². The maximum Gasteiger partial charge on any atom is 0.169 e. The Morgan fingerprint density at radius 2 is 2.56 bits per heavy atom.